The Labute approximate surface area is 128 Å². The number of carboxylic acids is 1. The number of carbonyl (C=O) groups excluding carboxylic acids is 1. The van der Waals surface area contributed by atoms with E-state index in [2.05, 4.69) is 5.32 Å². The summed E-state index contributed by atoms with van der Waals surface area (Å²) in [7, 11) is 1.43. The van der Waals surface area contributed by atoms with Crippen molar-refractivity contribution >= 4 is 17.6 Å². The number of benzene rings is 2. The Balaban J connectivity index is 2.30. The summed E-state index contributed by atoms with van der Waals surface area (Å²) in [6.07, 6.45) is 0.749. The Hall–Kier alpha value is -2.82. The molecule has 0 saturated heterocycles. The molecule has 0 bridgehead atoms. The number of ether oxygens (including phenoxy) is 1. The maximum atomic E-state index is 12.4. The predicted molar refractivity (Wildman–Crippen MR) is 83.7 cm³/mol. The van der Waals surface area contributed by atoms with E-state index in [9.17, 15) is 9.59 Å². The molecule has 114 valence electrons. The number of aromatic carboxylic acids is 1. The molecule has 1 amide bonds. The van der Waals surface area contributed by atoms with E-state index >= 15 is 0 Å². The van der Waals surface area contributed by atoms with Gasteiger partial charge in [0.25, 0.3) is 5.91 Å². The lowest BCUT2D eigenvalue weighted by Gasteiger charge is -2.12. The van der Waals surface area contributed by atoms with Gasteiger partial charge in [0.1, 0.15) is 5.75 Å². The molecule has 0 aliphatic carbocycles. The van der Waals surface area contributed by atoms with Crippen LogP contribution < -0.4 is 10.1 Å². The fraction of sp³-hybridized carbons (Fsp3) is 0.176. The maximum absolute atomic E-state index is 12.4. The van der Waals surface area contributed by atoms with Crippen LogP contribution in [0.25, 0.3) is 0 Å². The summed E-state index contributed by atoms with van der Waals surface area (Å²) in [4.78, 5) is 23.4. The van der Waals surface area contributed by atoms with Gasteiger partial charge in [0, 0.05) is 5.56 Å². The molecule has 0 fully saturated rings. The second kappa shape index (κ2) is 6.76. The van der Waals surface area contributed by atoms with E-state index in [1.165, 1.54) is 25.3 Å². The Morgan fingerprint density at radius 3 is 2.55 bits per heavy atom. The molecule has 0 atom stereocenters. The molecule has 0 radical (unpaired) electrons. The number of hydrogen-bond acceptors (Lipinski definition) is 3. The first-order valence-electron chi connectivity index (χ1n) is 6.87. The summed E-state index contributed by atoms with van der Waals surface area (Å²) in [6.45, 7) is 1.98. The number of hydrogen-bond donors (Lipinski definition) is 2. The fourth-order valence-corrected chi connectivity index (χ4v) is 2.17. The zero-order chi connectivity index (χ0) is 16.1. The number of aryl methyl sites for hydroxylation is 1. The summed E-state index contributed by atoms with van der Waals surface area (Å²) in [5.74, 6) is -0.992. The van der Waals surface area contributed by atoms with Crippen molar-refractivity contribution in [3.05, 3.63) is 59.2 Å². The molecule has 0 aromatic heterocycles. The number of methoxy groups -OCH3 is 1. The van der Waals surface area contributed by atoms with Gasteiger partial charge >= 0.3 is 5.97 Å². The van der Waals surface area contributed by atoms with E-state index in [-0.39, 0.29) is 11.5 Å². The number of rotatable bonds is 5. The van der Waals surface area contributed by atoms with Gasteiger partial charge in [-0.05, 0) is 36.2 Å². The van der Waals surface area contributed by atoms with Gasteiger partial charge in [-0.15, -0.1) is 0 Å². The number of carbonyl (C=O) groups is 2. The Bertz CT molecular complexity index is 710. The Morgan fingerprint density at radius 1 is 1.18 bits per heavy atom. The van der Waals surface area contributed by atoms with Crippen molar-refractivity contribution < 1.29 is 19.4 Å². The third-order valence-electron chi connectivity index (χ3n) is 3.34. The molecular formula is C17H17NO4. The van der Waals surface area contributed by atoms with Crippen LogP contribution in [0, 0.1) is 0 Å². The first kappa shape index (κ1) is 15.6. The monoisotopic (exact) mass is 299 g/mol. The van der Waals surface area contributed by atoms with Crippen LogP contribution in [-0.4, -0.2) is 24.1 Å². The highest BCUT2D eigenvalue weighted by Crippen LogP contribution is 2.26. The molecule has 0 heterocycles. The molecule has 0 saturated carbocycles. The van der Waals surface area contributed by atoms with E-state index in [1.54, 1.807) is 12.1 Å². The van der Waals surface area contributed by atoms with Crippen LogP contribution in [0.5, 0.6) is 5.75 Å². The standard InChI is InChI=1S/C17H17NO4/c1-3-11-6-4-5-7-13(11)16(19)18-14-9-8-12(17(20)21)10-15(14)22-2/h4-10H,3H2,1-2H3,(H,18,19)(H,20,21). The van der Waals surface area contributed by atoms with Gasteiger partial charge in [-0.3, -0.25) is 4.79 Å². The molecule has 2 rings (SSSR count). The smallest absolute Gasteiger partial charge is 0.335 e. The SMILES string of the molecule is CCc1ccccc1C(=O)Nc1ccc(C(=O)O)cc1OC. The van der Waals surface area contributed by atoms with E-state index < -0.39 is 5.97 Å². The summed E-state index contributed by atoms with van der Waals surface area (Å²) >= 11 is 0. The minimum Gasteiger partial charge on any atom is -0.495 e. The number of anilines is 1. The molecule has 0 aliphatic rings. The van der Waals surface area contributed by atoms with Gasteiger partial charge in [-0.1, -0.05) is 25.1 Å². The second-order valence-electron chi connectivity index (χ2n) is 4.69. The molecule has 0 spiro atoms. The largest absolute Gasteiger partial charge is 0.495 e. The lowest BCUT2D eigenvalue weighted by molar-refractivity contribution is 0.0696. The minimum atomic E-state index is -1.05. The summed E-state index contributed by atoms with van der Waals surface area (Å²) in [5, 5.41) is 11.7. The normalized spacial score (nSPS) is 10.1. The predicted octanol–water partition coefficient (Wildman–Crippen LogP) is 3.21. The third kappa shape index (κ3) is 3.25. The van der Waals surface area contributed by atoms with Crippen molar-refractivity contribution in [2.24, 2.45) is 0 Å². The van der Waals surface area contributed by atoms with Crippen LogP contribution in [0.3, 0.4) is 0 Å². The fourth-order valence-electron chi connectivity index (χ4n) is 2.17. The highest BCUT2D eigenvalue weighted by molar-refractivity contribution is 6.06. The van der Waals surface area contributed by atoms with Crippen LogP contribution in [-0.2, 0) is 6.42 Å². The van der Waals surface area contributed by atoms with Crippen LogP contribution in [0.2, 0.25) is 0 Å². The van der Waals surface area contributed by atoms with Crippen LogP contribution in [0.15, 0.2) is 42.5 Å². The molecular weight excluding hydrogens is 282 g/mol. The van der Waals surface area contributed by atoms with E-state index in [4.69, 9.17) is 9.84 Å². The Kier molecular flexibility index (Phi) is 4.78. The molecule has 0 aliphatic heterocycles. The summed E-state index contributed by atoms with van der Waals surface area (Å²) < 4.78 is 5.15. The van der Waals surface area contributed by atoms with Gasteiger partial charge in [0.05, 0.1) is 18.4 Å². The van der Waals surface area contributed by atoms with Gasteiger partial charge in [0.2, 0.25) is 0 Å². The number of carboxylic acid groups (broad SMARTS) is 1. The van der Waals surface area contributed by atoms with E-state index in [0.29, 0.717) is 17.0 Å². The average molecular weight is 299 g/mol. The third-order valence-corrected chi connectivity index (χ3v) is 3.34. The van der Waals surface area contributed by atoms with Crippen LogP contribution >= 0.6 is 0 Å². The van der Waals surface area contributed by atoms with Crippen molar-refractivity contribution in [3.63, 3.8) is 0 Å². The number of amides is 1. The Morgan fingerprint density at radius 2 is 1.91 bits per heavy atom. The quantitative estimate of drug-likeness (QED) is 0.889. The van der Waals surface area contributed by atoms with Crippen molar-refractivity contribution in [3.8, 4) is 5.75 Å². The summed E-state index contributed by atoms with van der Waals surface area (Å²) in [5.41, 5.74) is 2.07. The topological polar surface area (TPSA) is 75.6 Å². The lowest BCUT2D eigenvalue weighted by Crippen LogP contribution is -2.15. The second-order valence-corrected chi connectivity index (χ2v) is 4.69. The van der Waals surface area contributed by atoms with Gasteiger partial charge < -0.3 is 15.2 Å². The van der Waals surface area contributed by atoms with Crippen LogP contribution in [0.4, 0.5) is 5.69 Å². The molecule has 2 aromatic rings. The highest BCUT2D eigenvalue weighted by atomic mass is 16.5. The zero-order valence-electron chi connectivity index (χ0n) is 12.4. The molecule has 22 heavy (non-hydrogen) atoms. The molecule has 5 heteroatoms. The van der Waals surface area contributed by atoms with Crippen molar-refractivity contribution in [1.29, 1.82) is 0 Å². The van der Waals surface area contributed by atoms with Gasteiger partial charge in [-0.2, -0.15) is 0 Å². The maximum Gasteiger partial charge on any atom is 0.335 e. The van der Waals surface area contributed by atoms with Crippen molar-refractivity contribution in [2.45, 2.75) is 13.3 Å². The number of nitrogens with one attached hydrogen (secondary N) is 1. The highest BCUT2D eigenvalue weighted by Gasteiger charge is 2.14. The zero-order valence-corrected chi connectivity index (χ0v) is 12.4. The van der Waals surface area contributed by atoms with Crippen molar-refractivity contribution in [2.75, 3.05) is 12.4 Å². The molecule has 0 unspecified atom stereocenters. The molecule has 2 N–H and O–H groups in total. The first-order chi connectivity index (χ1) is 10.6. The van der Waals surface area contributed by atoms with E-state index in [0.717, 1.165) is 12.0 Å². The van der Waals surface area contributed by atoms with Crippen LogP contribution in [0.1, 0.15) is 33.2 Å². The molecule has 2 aromatic carbocycles. The lowest BCUT2D eigenvalue weighted by atomic mass is 10.0. The average Bonchev–Trinajstić information content (AvgIpc) is 2.54. The first-order valence-corrected chi connectivity index (χ1v) is 6.87. The minimum absolute atomic E-state index is 0.101. The van der Waals surface area contributed by atoms with Crippen molar-refractivity contribution in [1.82, 2.24) is 0 Å². The van der Waals surface area contributed by atoms with Gasteiger partial charge in [-0.25, -0.2) is 4.79 Å². The molecule has 5 nitrogen and oxygen atoms in total. The summed E-state index contributed by atoms with van der Waals surface area (Å²) in [6, 6.07) is 11.7. The van der Waals surface area contributed by atoms with Gasteiger partial charge in [0.15, 0.2) is 0 Å². The van der Waals surface area contributed by atoms with E-state index in [1.807, 2.05) is 19.1 Å².